The first-order chi connectivity index (χ1) is 9.08. The lowest BCUT2D eigenvalue weighted by Gasteiger charge is -2.28. The Morgan fingerprint density at radius 1 is 1.47 bits per heavy atom. The molecule has 4 heteroatoms. The second-order valence-corrected chi connectivity index (χ2v) is 5.46. The standard InChI is InChI=1S/C15H19ClN2O/c1-17(2)9-4-7-15(19)18-10-8-12-5-3-6-14(16)13(12)11-18/h3-7H,8-11H2,1-2H3/b7-4+. The maximum absolute atomic E-state index is 12.1. The van der Waals surface area contributed by atoms with Crippen LogP contribution in [0.25, 0.3) is 0 Å². The van der Waals surface area contributed by atoms with Crippen molar-refractivity contribution >= 4 is 17.5 Å². The van der Waals surface area contributed by atoms with Crippen molar-refractivity contribution in [1.82, 2.24) is 9.80 Å². The van der Waals surface area contributed by atoms with E-state index in [9.17, 15) is 4.79 Å². The molecule has 1 aromatic carbocycles. The summed E-state index contributed by atoms with van der Waals surface area (Å²) in [6.45, 7) is 2.15. The van der Waals surface area contributed by atoms with Crippen molar-refractivity contribution in [3.05, 3.63) is 46.5 Å². The number of rotatable bonds is 3. The second-order valence-electron chi connectivity index (χ2n) is 5.05. The molecule has 19 heavy (non-hydrogen) atoms. The molecule has 0 spiro atoms. The molecule has 0 fully saturated rings. The summed E-state index contributed by atoms with van der Waals surface area (Å²) < 4.78 is 0. The summed E-state index contributed by atoms with van der Waals surface area (Å²) in [6, 6.07) is 5.94. The first-order valence-corrected chi connectivity index (χ1v) is 6.82. The van der Waals surface area contributed by atoms with Gasteiger partial charge in [-0.3, -0.25) is 4.79 Å². The molecular formula is C15H19ClN2O. The topological polar surface area (TPSA) is 23.6 Å². The van der Waals surface area contributed by atoms with E-state index in [4.69, 9.17) is 11.6 Å². The van der Waals surface area contributed by atoms with Crippen LogP contribution < -0.4 is 0 Å². The van der Waals surface area contributed by atoms with Gasteiger partial charge in [0, 0.05) is 30.7 Å². The molecule has 1 aliphatic heterocycles. The third-order valence-electron chi connectivity index (χ3n) is 3.26. The van der Waals surface area contributed by atoms with Gasteiger partial charge in [-0.15, -0.1) is 0 Å². The van der Waals surface area contributed by atoms with Crippen LogP contribution in [0, 0.1) is 0 Å². The minimum atomic E-state index is 0.0624. The third-order valence-corrected chi connectivity index (χ3v) is 3.61. The maximum atomic E-state index is 12.1. The molecule has 1 heterocycles. The van der Waals surface area contributed by atoms with Gasteiger partial charge in [-0.25, -0.2) is 0 Å². The Morgan fingerprint density at radius 2 is 2.26 bits per heavy atom. The molecule has 2 rings (SSSR count). The molecule has 0 radical (unpaired) electrons. The lowest BCUT2D eigenvalue weighted by Crippen LogP contribution is -2.35. The Labute approximate surface area is 119 Å². The smallest absolute Gasteiger partial charge is 0.246 e. The van der Waals surface area contributed by atoms with Crippen molar-refractivity contribution in [3.63, 3.8) is 0 Å². The van der Waals surface area contributed by atoms with Crippen molar-refractivity contribution in [2.75, 3.05) is 27.2 Å². The Kier molecular flexibility index (Phi) is 4.61. The molecule has 0 aliphatic carbocycles. The maximum Gasteiger partial charge on any atom is 0.246 e. The van der Waals surface area contributed by atoms with Gasteiger partial charge in [0.1, 0.15) is 0 Å². The summed E-state index contributed by atoms with van der Waals surface area (Å²) in [7, 11) is 3.96. The van der Waals surface area contributed by atoms with Crippen molar-refractivity contribution in [2.24, 2.45) is 0 Å². The van der Waals surface area contributed by atoms with Gasteiger partial charge in [0.2, 0.25) is 5.91 Å². The van der Waals surface area contributed by atoms with Gasteiger partial charge in [0.15, 0.2) is 0 Å². The van der Waals surface area contributed by atoms with Crippen LogP contribution in [-0.4, -0.2) is 42.9 Å². The minimum Gasteiger partial charge on any atom is -0.334 e. The third kappa shape index (κ3) is 3.58. The molecule has 0 unspecified atom stereocenters. The number of amides is 1. The average Bonchev–Trinajstić information content (AvgIpc) is 2.38. The van der Waals surface area contributed by atoms with E-state index >= 15 is 0 Å². The minimum absolute atomic E-state index is 0.0624. The number of carbonyl (C=O) groups is 1. The number of benzene rings is 1. The van der Waals surface area contributed by atoms with E-state index in [-0.39, 0.29) is 5.91 Å². The molecule has 1 amide bonds. The number of likely N-dealkylation sites (N-methyl/N-ethyl adjacent to an activating group) is 1. The molecule has 0 atom stereocenters. The quantitative estimate of drug-likeness (QED) is 0.793. The summed E-state index contributed by atoms with van der Waals surface area (Å²) in [5, 5.41) is 0.757. The molecule has 1 aromatic rings. The zero-order valence-electron chi connectivity index (χ0n) is 11.4. The number of carbonyl (C=O) groups excluding carboxylic acids is 1. The van der Waals surface area contributed by atoms with E-state index in [1.54, 1.807) is 6.08 Å². The van der Waals surface area contributed by atoms with Crippen LogP contribution in [0.5, 0.6) is 0 Å². The fraction of sp³-hybridized carbons (Fsp3) is 0.400. The zero-order chi connectivity index (χ0) is 13.8. The molecule has 102 valence electrons. The van der Waals surface area contributed by atoms with Crippen LogP contribution >= 0.6 is 11.6 Å². The van der Waals surface area contributed by atoms with Gasteiger partial charge in [0.25, 0.3) is 0 Å². The second kappa shape index (κ2) is 6.22. The van der Waals surface area contributed by atoms with Crippen molar-refractivity contribution < 1.29 is 4.79 Å². The molecule has 3 nitrogen and oxygen atoms in total. The van der Waals surface area contributed by atoms with Crippen LogP contribution in [0.1, 0.15) is 11.1 Å². The van der Waals surface area contributed by atoms with Gasteiger partial charge < -0.3 is 9.80 Å². The average molecular weight is 279 g/mol. The normalized spacial score (nSPS) is 15.1. The highest BCUT2D eigenvalue weighted by atomic mass is 35.5. The number of fused-ring (bicyclic) bond motifs is 1. The number of halogens is 1. The molecular weight excluding hydrogens is 260 g/mol. The predicted octanol–water partition coefficient (Wildman–Crippen LogP) is 2.34. The number of hydrogen-bond acceptors (Lipinski definition) is 2. The van der Waals surface area contributed by atoms with Gasteiger partial charge in [0.05, 0.1) is 0 Å². The predicted molar refractivity (Wildman–Crippen MR) is 78.3 cm³/mol. The summed E-state index contributed by atoms with van der Waals surface area (Å²) >= 11 is 6.20. The van der Waals surface area contributed by atoms with Crippen molar-refractivity contribution in [2.45, 2.75) is 13.0 Å². The van der Waals surface area contributed by atoms with E-state index in [2.05, 4.69) is 6.07 Å². The fourth-order valence-electron chi connectivity index (χ4n) is 2.20. The summed E-state index contributed by atoms with van der Waals surface area (Å²) in [4.78, 5) is 15.9. The summed E-state index contributed by atoms with van der Waals surface area (Å²) in [5.74, 6) is 0.0624. The van der Waals surface area contributed by atoms with Crippen molar-refractivity contribution in [1.29, 1.82) is 0 Å². The molecule has 0 N–H and O–H groups in total. The Balaban J connectivity index is 2.03. The van der Waals surface area contributed by atoms with Crippen LogP contribution in [-0.2, 0) is 17.8 Å². The molecule has 0 saturated carbocycles. The highest BCUT2D eigenvalue weighted by Gasteiger charge is 2.20. The highest BCUT2D eigenvalue weighted by molar-refractivity contribution is 6.31. The van der Waals surface area contributed by atoms with E-state index in [1.165, 1.54) is 5.56 Å². The van der Waals surface area contributed by atoms with E-state index in [1.807, 2.05) is 42.1 Å². The zero-order valence-corrected chi connectivity index (χ0v) is 12.2. The van der Waals surface area contributed by atoms with E-state index in [0.717, 1.165) is 30.1 Å². The van der Waals surface area contributed by atoms with Crippen LogP contribution in [0.3, 0.4) is 0 Å². The summed E-state index contributed by atoms with van der Waals surface area (Å²) in [6.07, 6.45) is 4.43. The largest absolute Gasteiger partial charge is 0.334 e. The van der Waals surface area contributed by atoms with E-state index < -0.39 is 0 Å². The van der Waals surface area contributed by atoms with Crippen LogP contribution in [0.2, 0.25) is 5.02 Å². The highest BCUT2D eigenvalue weighted by Crippen LogP contribution is 2.26. The lowest BCUT2D eigenvalue weighted by molar-refractivity contribution is -0.126. The van der Waals surface area contributed by atoms with Crippen LogP contribution in [0.4, 0.5) is 0 Å². The molecule has 0 aromatic heterocycles. The number of nitrogens with zero attached hydrogens (tertiary/aromatic N) is 2. The fourth-order valence-corrected chi connectivity index (χ4v) is 2.45. The molecule has 0 saturated heterocycles. The Hall–Kier alpha value is -1.32. The number of hydrogen-bond donors (Lipinski definition) is 0. The van der Waals surface area contributed by atoms with Crippen LogP contribution in [0.15, 0.2) is 30.4 Å². The van der Waals surface area contributed by atoms with E-state index in [0.29, 0.717) is 6.54 Å². The SMILES string of the molecule is CN(C)C/C=C/C(=O)N1CCc2cccc(Cl)c2C1. The monoisotopic (exact) mass is 278 g/mol. The van der Waals surface area contributed by atoms with Crippen molar-refractivity contribution in [3.8, 4) is 0 Å². The molecule has 1 aliphatic rings. The molecule has 0 bridgehead atoms. The van der Waals surface area contributed by atoms with Gasteiger partial charge >= 0.3 is 0 Å². The first-order valence-electron chi connectivity index (χ1n) is 6.44. The lowest BCUT2D eigenvalue weighted by atomic mass is 10.00. The Morgan fingerprint density at radius 3 is 3.00 bits per heavy atom. The van der Waals surface area contributed by atoms with Gasteiger partial charge in [-0.1, -0.05) is 29.8 Å². The Bertz CT molecular complexity index is 497. The van der Waals surface area contributed by atoms with Gasteiger partial charge in [-0.05, 0) is 37.7 Å². The summed E-state index contributed by atoms with van der Waals surface area (Å²) in [5.41, 5.74) is 2.35. The first kappa shape index (κ1) is 14.1. The van der Waals surface area contributed by atoms with Gasteiger partial charge in [-0.2, -0.15) is 0 Å².